The number of nitro benzene ring substituents is 1. The molecule has 0 unspecified atom stereocenters. The summed E-state index contributed by atoms with van der Waals surface area (Å²) in [7, 11) is 0. The van der Waals surface area contributed by atoms with Crippen molar-refractivity contribution in [2.24, 2.45) is 0 Å². The molecule has 1 aromatic carbocycles. The van der Waals surface area contributed by atoms with Gasteiger partial charge in [-0.1, -0.05) is 0 Å². The average molecular weight is 289 g/mol. The number of hydrogen-bond donors (Lipinski definition) is 1. The van der Waals surface area contributed by atoms with Crippen LogP contribution < -0.4 is 10.2 Å². The van der Waals surface area contributed by atoms with Crippen molar-refractivity contribution in [1.82, 2.24) is 5.32 Å². The van der Waals surface area contributed by atoms with Gasteiger partial charge in [-0.15, -0.1) is 0 Å². The van der Waals surface area contributed by atoms with Crippen LogP contribution in [0.3, 0.4) is 0 Å². The largest absolute Gasteiger partial charge is 0.418 e. The van der Waals surface area contributed by atoms with Gasteiger partial charge < -0.3 is 4.90 Å². The predicted octanol–water partition coefficient (Wildman–Crippen LogP) is 2.76. The van der Waals surface area contributed by atoms with Gasteiger partial charge in [0.25, 0.3) is 5.69 Å². The van der Waals surface area contributed by atoms with E-state index >= 15 is 0 Å². The molecular weight excluding hydrogens is 275 g/mol. The van der Waals surface area contributed by atoms with E-state index in [1.807, 2.05) is 13.8 Å². The molecule has 0 amide bonds. The van der Waals surface area contributed by atoms with Gasteiger partial charge in [-0.3, -0.25) is 15.4 Å². The highest BCUT2D eigenvalue weighted by molar-refractivity contribution is 5.61. The molecule has 5 nitrogen and oxygen atoms in total. The number of halogens is 3. The van der Waals surface area contributed by atoms with Gasteiger partial charge in [0.05, 0.1) is 22.8 Å². The van der Waals surface area contributed by atoms with E-state index in [2.05, 4.69) is 5.32 Å². The third kappa shape index (κ3) is 2.55. The molecule has 0 saturated carbocycles. The van der Waals surface area contributed by atoms with E-state index in [9.17, 15) is 23.3 Å². The standard InChI is InChI=1S/C12H14F3N3O2/c1-11(2)6-16-7-17(11)10-4-3-8(18(19)20)5-9(10)12(13,14)15/h3-5,16H,6-7H2,1-2H3. The summed E-state index contributed by atoms with van der Waals surface area (Å²) in [5.74, 6) is 0. The average Bonchev–Trinajstić information content (AvgIpc) is 2.66. The van der Waals surface area contributed by atoms with E-state index in [1.165, 1.54) is 0 Å². The van der Waals surface area contributed by atoms with Crippen LogP contribution in [0.15, 0.2) is 18.2 Å². The molecule has 1 aromatic rings. The Bertz CT molecular complexity index is 543. The molecule has 20 heavy (non-hydrogen) atoms. The van der Waals surface area contributed by atoms with E-state index < -0.39 is 27.9 Å². The molecule has 0 atom stereocenters. The van der Waals surface area contributed by atoms with Gasteiger partial charge in [0.2, 0.25) is 0 Å². The molecule has 1 fully saturated rings. The SMILES string of the molecule is CC1(C)CNCN1c1ccc([N+](=O)[O-])cc1C(F)(F)F. The molecule has 2 rings (SSSR count). The highest BCUT2D eigenvalue weighted by Gasteiger charge is 2.40. The van der Waals surface area contributed by atoms with Gasteiger partial charge in [-0.25, -0.2) is 0 Å². The van der Waals surface area contributed by atoms with Crippen molar-refractivity contribution in [1.29, 1.82) is 0 Å². The third-order valence-corrected chi connectivity index (χ3v) is 3.35. The van der Waals surface area contributed by atoms with Crippen LogP contribution in [0.2, 0.25) is 0 Å². The van der Waals surface area contributed by atoms with Crippen molar-refractivity contribution in [3.63, 3.8) is 0 Å². The Morgan fingerprint density at radius 1 is 1.40 bits per heavy atom. The van der Waals surface area contributed by atoms with Crippen molar-refractivity contribution in [2.45, 2.75) is 25.6 Å². The first-order chi connectivity index (χ1) is 9.13. The zero-order valence-electron chi connectivity index (χ0n) is 11.0. The van der Waals surface area contributed by atoms with E-state index in [1.54, 1.807) is 4.90 Å². The van der Waals surface area contributed by atoms with Crippen LogP contribution >= 0.6 is 0 Å². The fourth-order valence-corrected chi connectivity index (χ4v) is 2.29. The van der Waals surface area contributed by atoms with Gasteiger partial charge >= 0.3 is 6.18 Å². The Kier molecular flexibility index (Phi) is 3.37. The molecule has 1 heterocycles. The van der Waals surface area contributed by atoms with Gasteiger partial charge in [-0.05, 0) is 19.9 Å². The van der Waals surface area contributed by atoms with Crippen molar-refractivity contribution >= 4 is 11.4 Å². The quantitative estimate of drug-likeness (QED) is 0.672. The van der Waals surface area contributed by atoms with Crippen molar-refractivity contribution in [3.8, 4) is 0 Å². The molecule has 0 bridgehead atoms. The lowest BCUT2D eigenvalue weighted by Crippen LogP contribution is -2.41. The molecule has 0 aliphatic carbocycles. The summed E-state index contributed by atoms with van der Waals surface area (Å²) in [6.07, 6.45) is -4.64. The number of rotatable bonds is 2. The highest BCUT2D eigenvalue weighted by atomic mass is 19.4. The van der Waals surface area contributed by atoms with Crippen LogP contribution in [0.4, 0.5) is 24.5 Å². The minimum absolute atomic E-state index is 0.0434. The van der Waals surface area contributed by atoms with Crippen LogP contribution in [-0.4, -0.2) is 23.7 Å². The first kappa shape index (κ1) is 14.6. The number of benzene rings is 1. The Morgan fingerprint density at radius 2 is 2.05 bits per heavy atom. The number of non-ortho nitro benzene ring substituents is 1. The van der Waals surface area contributed by atoms with Crippen molar-refractivity contribution < 1.29 is 18.1 Å². The number of nitrogens with one attached hydrogen (secondary N) is 1. The molecule has 0 aromatic heterocycles. The Morgan fingerprint density at radius 3 is 2.50 bits per heavy atom. The Hall–Kier alpha value is -1.83. The molecule has 1 N–H and O–H groups in total. The molecule has 1 saturated heterocycles. The smallest absolute Gasteiger partial charge is 0.352 e. The second-order valence-electron chi connectivity index (χ2n) is 5.28. The Balaban J connectivity index is 2.56. The maximum atomic E-state index is 13.1. The lowest BCUT2D eigenvalue weighted by Gasteiger charge is -2.34. The van der Waals surface area contributed by atoms with Gasteiger partial charge in [-0.2, -0.15) is 13.2 Å². The maximum Gasteiger partial charge on any atom is 0.418 e. The van der Waals surface area contributed by atoms with Crippen molar-refractivity contribution in [3.05, 3.63) is 33.9 Å². The number of hydrogen-bond acceptors (Lipinski definition) is 4. The predicted molar refractivity (Wildman–Crippen MR) is 67.5 cm³/mol. The highest BCUT2D eigenvalue weighted by Crippen LogP contribution is 2.41. The minimum Gasteiger partial charge on any atom is -0.352 e. The van der Waals surface area contributed by atoms with Crippen molar-refractivity contribution in [2.75, 3.05) is 18.1 Å². The second kappa shape index (κ2) is 4.62. The van der Waals surface area contributed by atoms with Crippen LogP contribution in [0.25, 0.3) is 0 Å². The maximum absolute atomic E-state index is 13.1. The molecule has 0 spiro atoms. The van der Waals surface area contributed by atoms with Crippen LogP contribution in [0.5, 0.6) is 0 Å². The molecule has 8 heteroatoms. The van der Waals surface area contributed by atoms with Crippen LogP contribution in [0.1, 0.15) is 19.4 Å². The summed E-state index contributed by atoms with van der Waals surface area (Å²) in [5, 5.41) is 13.7. The monoisotopic (exact) mass is 289 g/mol. The number of alkyl halides is 3. The van der Waals surface area contributed by atoms with Gasteiger partial charge in [0.1, 0.15) is 0 Å². The summed E-state index contributed by atoms with van der Waals surface area (Å²) in [6, 6.07) is 2.85. The number of nitrogens with zero attached hydrogens (tertiary/aromatic N) is 2. The minimum atomic E-state index is -4.64. The first-order valence-electron chi connectivity index (χ1n) is 5.97. The summed E-state index contributed by atoms with van der Waals surface area (Å²) in [6.45, 7) is 4.44. The molecular formula is C12H14F3N3O2. The van der Waals surface area contributed by atoms with Crippen LogP contribution in [-0.2, 0) is 6.18 Å². The lowest BCUT2D eigenvalue weighted by atomic mass is 10.0. The summed E-state index contributed by atoms with van der Waals surface area (Å²) in [5.41, 5.74) is -2.08. The molecule has 110 valence electrons. The summed E-state index contributed by atoms with van der Waals surface area (Å²) in [4.78, 5) is 11.4. The third-order valence-electron chi connectivity index (χ3n) is 3.35. The van der Waals surface area contributed by atoms with E-state index in [-0.39, 0.29) is 12.4 Å². The summed E-state index contributed by atoms with van der Waals surface area (Å²) < 4.78 is 39.4. The molecule has 0 radical (unpaired) electrons. The van der Waals surface area contributed by atoms with Crippen LogP contribution in [0, 0.1) is 10.1 Å². The first-order valence-corrected chi connectivity index (χ1v) is 5.97. The molecule has 1 aliphatic heterocycles. The zero-order valence-corrected chi connectivity index (χ0v) is 11.0. The topological polar surface area (TPSA) is 58.4 Å². The normalized spacial score (nSPS) is 18.4. The summed E-state index contributed by atoms with van der Waals surface area (Å²) >= 11 is 0. The number of anilines is 1. The second-order valence-corrected chi connectivity index (χ2v) is 5.28. The Labute approximate surface area is 113 Å². The zero-order chi connectivity index (χ0) is 15.1. The van der Waals surface area contributed by atoms with E-state index in [4.69, 9.17) is 0 Å². The van der Waals surface area contributed by atoms with E-state index in [0.717, 1.165) is 12.1 Å². The fraction of sp³-hybridized carbons (Fsp3) is 0.500. The van der Waals surface area contributed by atoms with Gasteiger partial charge in [0, 0.05) is 24.2 Å². The fourth-order valence-electron chi connectivity index (χ4n) is 2.29. The van der Waals surface area contributed by atoms with E-state index in [0.29, 0.717) is 12.6 Å². The number of nitro groups is 1. The lowest BCUT2D eigenvalue weighted by molar-refractivity contribution is -0.385. The van der Waals surface area contributed by atoms with Gasteiger partial charge in [0.15, 0.2) is 0 Å². The molecule has 1 aliphatic rings.